The summed E-state index contributed by atoms with van der Waals surface area (Å²) in [6, 6.07) is 10.2. The van der Waals surface area contributed by atoms with Gasteiger partial charge in [-0.05, 0) is 48.5 Å². The van der Waals surface area contributed by atoms with E-state index in [4.69, 9.17) is 15.2 Å². The Hall–Kier alpha value is -3.23. The first kappa shape index (κ1) is 19.1. The van der Waals surface area contributed by atoms with Crippen molar-refractivity contribution < 1.29 is 32.2 Å². The van der Waals surface area contributed by atoms with Gasteiger partial charge in [-0.15, -0.1) is 0 Å². The third-order valence-corrected chi connectivity index (χ3v) is 3.07. The van der Waals surface area contributed by atoms with Crippen LogP contribution >= 0.6 is 0 Å². The quantitative estimate of drug-likeness (QED) is 0.786. The van der Waals surface area contributed by atoms with Crippen molar-refractivity contribution in [1.82, 2.24) is 0 Å². The van der Waals surface area contributed by atoms with E-state index >= 15 is 0 Å². The van der Waals surface area contributed by atoms with Gasteiger partial charge in [-0.3, -0.25) is 9.59 Å². The van der Waals surface area contributed by atoms with Gasteiger partial charge in [0, 0.05) is 5.69 Å². The third kappa shape index (κ3) is 6.00. The number of benzene rings is 2. The molecule has 0 saturated heterocycles. The normalized spacial score (nSPS) is 10.9. The minimum Gasteiger partial charge on any atom is -0.484 e. The highest BCUT2D eigenvalue weighted by Crippen LogP contribution is 2.30. The Morgan fingerprint density at radius 3 is 1.88 bits per heavy atom. The number of amides is 2. The molecule has 3 N–H and O–H groups in total. The SMILES string of the molecule is NC(=O)COc1ccc(NC(=O)COc2ccc(C(F)(F)F)cc2)cc1. The van der Waals surface area contributed by atoms with Crippen LogP contribution in [0.25, 0.3) is 0 Å². The number of alkyl halides is 3. The molecule has 0 fully saturated rings. The fourth-order valence-electron chi connectivity index (χ4n) is 1.88. The summed E-state index contributed by atoms with van der Waals surface area (Å²) in [4.78, 5) is 22.4. The standard InChI is InChI=1S/C17H15F3N2O4/c18-17(19,20)11-1-5-13(6-2-11)26-10-16(24)22-12-3-7-14(8-4-12)25-9-15(21)23/h1-8H,9-10H2,(H2,21,23)(H,22,24). The third-order valence-electron chi connectivity index (χ3n) is 3.07. The van der Waals surface area contributed by atoms with Crippen LogP contribution in [-0.4, -0.2) is 25.0 Å². The molecule has 0 saturated carbocycles. The van der Waals surface area contributed by atoms with Gasteiger partial charge in [0.1, 0.15) is 11.5 Å². The highest BCUT2D eigenvalue weighted by molar-refractivity contribution is 5.91. The van der Waals surface area contributed by atoms with Crippen LogP contribution in [-0.2, 0) is 15.8 Å². The number of carbonyl (C=O) groups excluding carboxylic acids is 2. The molecule has 2 aromatic carbocycles. The van der Waals surface area contributed by atoms with Crippen LogP contribution in [0.4, 0.5) is 18.9 Å². The summed E-state index contributed by atoms with van der Waals surface area (Å²) in [5.74, 6) is -0.551. The van der Waals surface area contributed by atoms with Gasteiger partial charge in [0.05, 0.1) is 5.56 Å². The second-order valence-electron chi connectivity index (χ2n) is 5.14. The van der Waals surface area contributed by atoms with E-state index in [-0.39, 0.29) is 19.0 Å². The number of nitrogens with two attached hydrogens (primary N) is 1. The van der Waals surface area contributed by atoms with Crippen LogP contribution in [0, 0.1) is 0 Å². The Labute approximate surface area is 146 Å². The minimum absolute atomic E-state index is 0.142. The molecule has 2 rings (SSSR count). The second kappa shape index (κ2) is 8.24. The van der Waals surface area contributed by atoms with E-state index in [1.165, 1.54) is 12.1 Å². The monoisotopic (exact) mass is 368 g/mol. The van der Waals surface area contributed by atoms with Crippen LogP contribution < -0.4 is 20.5 Å². The first-order valence-electron chi connectivity index (χ1n) is 7.35. The summed E-state index contributed by atoms with van der Waals surface area (Å²) in [6.07, 6.45) is -4.43. The van der Waals surface area contributed by atoms with Gasteiger partial charge in [-0.2, -0.15) is 13.2 Å². The Bertz CT molecular complexity index is 759. The van der Waals surface area contributed by atoms with Crippen LogP contribution in [0.5, 0.6) is 11.5 Å². The molecular weight excluding hydrogens is 353 g/mol. The van der Waals surface area contributed by atoms with E-state index in [0.717, 1.165) is 24.3 Å². The zero-order valence-corrected chi connectivity index (χ0v) is 13.4. The average Bonchev–Trinajstić information content (AvgIpc) is 2.59. The van der Waals surface area contributed by atoms with Crippen molar-refractivity contribution in [3.8, 4) is 11.5 Å². The molecule has 0 radical (unpaired) electrons. The Morgan fingerprint density at radius 1 is 0.885 bits per heavy atom. The maximum atomic E-state index is 12.5. The summed E-state index contributed by atoms with van der Waals surface area (Å²) < 4.78 is 47.6. The van der Waals surface area contributed by atoms with Crippen LogP contribution in [0.1, 0.15) is 5.56 Å². The number of nitrogens with one attached hydrogen (secondary N) is 1. The predicted octanol–water partition coefficient (Wildman–Crippen LogP) is 2.59. The van der Waals surface area contributed by atoms with Crippen molar-refractivity contribution in [3.05, 3.63) is 54.1 Å². The lowest BCUT2D eigenvalue weighted by Crippen LogP contribution is -2.20. The van der Waals surface area contributed by atoms with E-state index in [0.29, 0.717) is 11.4 Å². The lowest BCUT2D eigenvalue weighted by atomic mass is 10.2. The van der Waals surface area contributed by atoms with Gasteiger partial charge in [0.15, 0.2) is 13.2 Å². The van der Waals surface area contributed by atoms with Gasteiger partial charge in [-0.1, -0.05) is 0 Å². The van der Waals surface area contributed by atoms with Crippen molar-refractivity contribution >= 4 is 17.5 Å². The number of carbonyl (C=O) groups is 2. The molecule has 0 aromatic heterocycles. The largest absolute Gasteiger partial charge is 0.484 e. The number of anilines is 1. The lowest BCUT2D eigenvalue weighted by molar-refractivity contribution is -0.137. The fraction of sp³-hybridized carbons (Fsp3) is 0.176. The zero-order chi connectivity index (χ0) is 19.2. The summed E-state index contributed by atoms with van der Waals surface area (Å²) in [5, 5.41) is 2.55. The molecule has 0 aliphatic rings. The summed E-state index contributed by atoms with van der Waals surface area (Å²) in [5.41, 5.74) is 4.61. The maximum Gasteiger partial charge on any atom is 0.416 e. The molecule has 138 valence electrons. The first-order valence-corrected chi connectivity index (χ1v) is 7.35. The number of rotatable bonds is 7. The summed E-state index contributed by atoms with van der Waals surface area (Å²) in [7, 11) is 0. The number of primary amides is 1. The fourth-order valence-corrected chi connectivity index (χ4v) is 1.88. The van der Waals surface area contributed by atoms with E-state index < -0.39 is 23.6 Å². The molecule has 0 heterocycles. The smallest absolute Gasteiger partial charge is 0.416 e. The first-order chi connectivity index (χ1) is 12.2. The average molecular weight is 368 g/mol. The Balaban J connectivity index is 1.82. The van der Waals surface area contributed by atoms with Crippen molar-refractivity contribution in [3.63, 3.8) is 0 Å². The molecule has 0 spiro atoms. The summed E-state index contributed by atoms with van der Waals surface area (Å²) in [6.45, 7) is -0.627. The van der Waals surface area contributed by atoms with Crippen molar-refractivity contribution in [2.45, 2.75) is 6.18 Å². The molecule has 0 aliphatic carbocycles. The lowest BCUT2D eigenvalue weighted by Gasteiger charge is -2.10. The Morgan fingerprint density at radius 2 is 1.38 bits per heavy atom. The molecule has 2 aromatic rings. The van der Waals surface area contributed by atoms with E-state index in [9.17, 15) is 22.8 Å². The van der Waals surface area contributed by atoms with Gasteiger partial charge in [-0.25, -0.2) is 0 Å². The Kier molecular flexibility index (Phi) is 6.05. The highest BCUT2D eigenvalue weighted by Gasteiger charge is 2.30. The van der Waals surface area contributed by atoms with Gasteiger partial charge in [0.2, 0.25) is 0 Å². The molecule has 6 nitrogen and oxygen atoms in total. The van der Waals surface area contributed by atoms with Crippen LogP contribution in [0.3, 0.4) is 0 Å². The van der Waals surface area contributed by atoms with Crippen molar-refractivity contribution in [2.75, 3.05) is 18.5 Å². The van der Waals surface area contributed by atoms with Crippen molar-refractivity contribution in [1.29, 1.82) is 0 Å². The molecule has 0 atom stereocenters. The van der Waals surface area contributed by atoms with Gasteiger partial charge in [0.25, 0.3) is 11.8 Å². The summed E-state index contributed by atoms with van der Waals surface area (Å²) >= 11 is 0. The molecule has 2 amide bonds. The second-order valence-corrected chi connectivity index (χ2v) is 5.14. The molecule has 26 heavy (non-hydrogen) atoms. The minimum atomic E-state index is -4.43. The molecule has 9 heteroatoms. The number of hydrogen-bond donors (Lipinski definition) is 2. The molecular formula is C17H15F3N2O4. The molecule has 0 unspecified atom stereocenters. The number of halogens is 3. The van der Waals surface area contributed by atoms with Crippen molar-refractivity contribution in [2.24, 2.45) is 5.73 Å². The predicted molar refractivity (Wildman–Crippen MR) is 86.7 cm³/mol. The topological polar surface area (TPSA) is 90.7 Å². The van der Waals surface area contributed by atoms with E-state index in [1.807, 2.05) is 0 Å². The maximum absolute atomic E-state index is 12.5. The van der Waals surface area contributed by atoms with Crippen LogP contribution in [0.15, 0.2) is 48.5 Å². The molecule has 0 bridgehead atoms. The highest BCUT2D eigenvalue weighted by atomic mass is 19.4. The number of hydrogen-bond acceptors (Lipinski definition) is 4. The van der Waals surface area contributed by atoms with Gasteiger partial charge < -0.3 is 20.5 Å². The van der Waals surface area contributed by atoms with E-state index in [2.05, 4.69) is 5.32 Å². The zero-order valence-electron chi connectivity index (χ0n) is 13.4. The van der Waals surface area contributed by atoms with E-state index in [1.54, 1.807) is 12.1 Å². The van der Waals surface area contributed by atoms with Gasteiger partial charge >= 0.3 is 6.18 Å². The molecule has 0 aliphatic heterocycles. The van der Waals surface area contributed by atoms with Crippen LogP contribution in [0.2, 0.25) is 0 Å². The number of ether oxygens (including phenoxy) is 2.